The van der Waals surface area contributed by atoms with E-state index < -0.39 is 9.85 Å². The Balaban J connectivity index is 1.56. The molecule has 0 saturated carbocycles. The third kappa shape index (κ3) is 3.17. The largest absolute Gasteiger partial charge is 0.494 e. The highest BCUT2D eigenvalue weighted by molar-refractivity contribution is 7.21. The Hall–Kier alpha value is -3.78. The van der Waals surface area contributed by atoms with Crippen LogP contribution >= 0.6 is 22.7 Å². The van der Waals surface area contributed by atoms with E-state index in [1.165, 1.54) is 36.4 Å². The van der Waals surface area contributed by atoms with E-state index in [1.807, 2.05) is 0 Å². The van der Waals surface area contributed by atoms with Crippen LogP contribution in [0.15, 0.2) is 36.4 Å². The molecular weight excluding hydrogens is 414 g/mol. The van der Waals surface area contributed by atoms with Gasteiger partial charge in [-0.2, -0.15) is 9.97 Å². The molecule has 0 bridgehead atoms. The Morgan fingerprint density at radius 3 is 1.57 bits per heavy atom. The number of thiazole rings is 2. The number of nitrogens with zero attached hydrogens (tertiary/aromatic N) is 5. The fourth-order valence-corrected chi connectivity index (χ4v) is 4.10. The maximum atomic E-state index is 11.9. The molecule has 0 unspecified atom stereocenters. The van der Waals surface area contributed by atoms with E-state index in [4.69, 9.17) is 9.68 Å². The number of hydrogen-bond acceptors (Lipinski definition) is 11. The average molecular weight is 420 g/mol. The van der Waals surface area contributed by atoms with Crippen LogP contribution in [0.4, 0.5) is 11.4 Å². The summed E-state index contributed by atoms with van der Waals surface area (Å²) in [5.74, 6) is 0. The fraction of sp³-hybridized carbons (Fsp3) is 0. The number of nitro benzene ring substituents is 2. The zero-order valence-electron chi connectivity index (χ0n) is 13.4. The van der Waals surface area contributed by atoms with Gasteiger partial charge in [-0.3, -0.25) is 20.2 Å². The molecule has 0 aliphatic rings. The summed E-state index contributed by atoms with van der Waals surface area (Å²) < 4.78 is 0.484. The van der Waals surface area contributed by atoms with Crippen LogP contribution in [0.25, 0.3) is 20.4 Å². The smallest absolute Gasteiger partial charge is 0.258 e. The van der Waals surface area contributed by atoms with Gasteiger partial charge in [0.2, 0.25) is 0 Å². The molecule has 0 saturated heterocycles. The third-order valence-corrected chi connectivity index (χ3v) is 5.37. The molecular formula is C14H6N5O7S2+. The first-order chi connectivity index (χ1) is 13.4. The first-order valence-corrected chi connectivity index (χ1v) is 8.97. The van der Waals surface area contributed by atoms with Crippen molar-refractivity contribution < 1.29 is 24.6 Å². The van der Waals surface area contributed by atoms with E-state index in [0.717, 1.165) is 22.7 Å². The zero-order chi connectivity index (χ0) is 19.8. The molecule has 0 radical (unpaired) electrons. The molecule has 4 aromatic rings. The minimum absolute atomic E-state index is 0.165. The first kappa shape index (κ1) is 17.6. The summed E-state index contributed by atoms with van der Waals surface area (Å²) in [5, 5.41) is 21.5. The lowest BCUT2D eigenvalue weighted by molar-refractivity contribution is -0.920. The summed E-state index contributed by atoms with van der Waals surface area (Å²) in [7, 11) is 0. The van der Waals surface area contributed by atoms with Crippen molar-refractivity contribution in [3.05, 3.63) is 61.5 Å². The predicted octanol–water partition coefficient (Wildman–Crippen LogP) is 3.79. The molecule has 0 aliphatic carbocycles. The van der Waals surface area contributed by atoms with E-state index in [-0.39, 0.29) is 36.2 Å². The summed E-state index contributed by atoms with van der Waals surface area (Å²) in [6.45, 7) is 0. The second-order valence-electron chi connectivity index (χ2n) is 5.13. The van der Waals surface area contributed by atoms with Gasteiger partial charge in [0.15, 0.2) is 0 Å². The first-order valence-electron chi connectivity index (χ1n) is 7.33. The summed E-state index contributed by atoms with van der Waals surface area (Å²) >= 11 is 1.60. The Morgan fingerprint density at radius 2 is 1.18 bits per heavy atom. The van der Waals surface area contributed by atoms with Crippen LogP contribution < -0.4 is 9.68 Å². The molecule has 0 spiro atoms. The van der Waals surface area contributed by atoms with E-state index in [2.05, 4.69) is 9.97 Å². The highest BCUT2D eigenvalue weighted by Gasteiger charge is 2.26. The molecule has 4 rings (SSSR count). The number of aromatic nitrogens is 2. The predicted molar refractivity (Wildman–Crippen MR) is 97.4 cm³/mol. The van der Waals surface area contributed by atoms with Crippen molar-refractivity contribution in [2.75, 3.05) is 0 Å². The number of rotatable bonds is 6. The summed E-state index contributed by atoms with van der Waals surface area (Å²) in [5.41, 5.74) is 0.250. The van der Waals surface area contributed by atoms with Crippen molar-refractivity contribution in [2.45, 2.75) is 0 Å². The lowest BCUT2D eigenvalue weighted by Crippen LogP contribution is -2.16. The van der Waals surface area contributed by atoms with Gasteiger partial charge in [-0.25, -0.2) is 0 Å². The number of hydrogen-bond donors (Lipinski definition) is 0. The zero-order valence-corrected chi connectivity index (χ0v) is 15.0. The standard InChI is InChI=1S/C14H6N5O7S2/c20-17(21)9-5-1-3-7-11(9)27-13(15-7)25-19(24)26-14-16-8-4-2-6-10(18(22)23)12(8)28-14/h1-6H/q+1. The third-order valence-electron chi connectivity index (χ3n) is 3.45. The molecule has 140 valence electrons. The molecule has 0 aliphatic heterocycles. The van der Waals surface area contributed by atoms with Crippen molar-refractivity contribution in [3.8, 4) is 10.4 Å². The van der Waals surface area contributed by atoms with Gasteiger partial charge in [0.25, 0.3) is 11.4 Å². The Morgan fingerprint density at radius 1 is 0.750 bits per heavy atom. The second kappa shape index (κ2) is 6.75. The average Bonchev–Trinajstić information content (AvgIpc) is 3.22. The molecule has 28 heavy (non-hydrogen) atoms. The van der Waals surface area contributed by atoms with Gasteiger partial charge < -0.3 is 0 Å². The number of nitro groups is 2. The van der Waals surface area contributed by atoms with Crippen LogP contribution in [-0.2, 0) is 0 Å². The molecule has 0 fully saturated rings. The minimum Gasteiger partial charge on any atom is -0.258 e. The Kier molecular flexibility index (Phi) is 4.25. The van der Waals surface area contributed by atoms with Crippen molar-refractivity contribution in [1.29, 1.82) is 0 Å². The normalized spacial score (nSPS) is 10.9. The van der Waals surface area contributed by atoms with Crippen LogP contribution in [-0.4, -0.2) is 24.9 Å². The molecule has 0 amide bonds. The minimum atomic E-state index is -0.566. The van der Waals surface area contributed by atoms with Gasteiger partial charge in [-0.15, -0.1) is 9.68 Å². The maximum absolute atomic E-state index is 11.9. The molecule has 2 heterocycles. The lowest BCUT2D eigenvalue weighted by atomic mass is 10.3. The van der Waals surface area contributed by atoms with Crippen molar-refractivity contribution in [2.24, 2.45) is 0 Å². The van der Waals surface area contributed by atoms with Crippen LogP contribution in [0.3, 0.4) is 0 Å². The van der Waals surface area contributed by atoms with Crippen molar-refractivity contribution in [3.63, 3.8) is 0 Å². The van der Waals surface area contributed by atoms with Gasteiger partial charge in [0.1, 0.15) is 14.3 Å². The molecule has 0 N–H and O–H groups in total. The van der Waals surface area contributed by atoms with Gasteiger partial charge >= 0.3 is 15.5 Å². The van der Waals surface area contributed by atoms with Gasteiger partial charge in [0.05, 0.1) is 20.9 Å². The second-order valence-corrected chi connectivity index (χ2v) is 7.05. The van der Waals surface area contributed by atoms with Crippen molar-refractivity contribution in [1.82, 2.24) is 9.97 Å². The lowest BCUT2D eigenvalue weighted by Gasteiger charge is -1.89. The van der Waals surface area contributed by atoms with E-state index in [1.54, 1.807) is 0 Å². The number of non-ortho nitro benzene ring substituents is 2. The van der Waals surface area contributed by atoms with Crippen molar-refractivity contribution >= 4 is 54.5 Å². The van der Waals surface area contributed by atoms with Gasteiger partial charge in [0, 0.05) is 12.1 Å². The van der Waals surface area contributed by atoms with Crippen LogP contribution in [0.5, 0.6) is 10.4 Å². The van der Waals surface area contributed by atoms with Crippen LogP contribution in [0.2, 0.25) is 0 Å². The van der Waals surface area contributed by atoms with E-state index in [0.29, 0.717) is 11.0 Å². The SMILES string of the molecule is O=[N+](Oc1nc2cccc([N+](=O)[O-])c2s1)Oc1nc2cccc([N+](=O)[O-])c2s1. The van der Waals surface area contributed by atoms with Crippen LogP contribution in [0, 0.1) is 25.1 Å². The topological polar surface area (TPSA) is 151 Å². The molecule has 12 nitrogen and oxygen atoms in total. The van der Waals surface area contributed by atoms with Crippen LogP contribution in [0.1, 0.15) is 0 Å². The Labute approximate surface area is 161 Å². The molecule has 14 heteroatoms. The Bertz CT molecular complexity index is 1170. The van der Waals surface area contributed by atoms with Gasteiger partial charge in [-0.05, 0) is 12.1 Å². The highest BCUT2D eigenvalue weighted by Crippen LogP contribution is 2.36. The summed E-state index contributed by atoms with van der Waals surface area (Å²) in [6, 6.07) is 8.61. The number of fused-ring (bicyclic) bond motifs is 2. The summed E-state index contributed by atoms with van der Waals surface area (Å²) in [4.78, 5) is 50.6. The maximum Gasteiger partial charge on any atom is 0.494 e. The van der Waals surface area contributed by atoms with E-state index >= 15 is 0 Å². The number of benzene rings is 2. The molecule has 2 aromatic carbocycles. The summed E-state index contributed by atoms with van der Waals surface area (Å²) in [6.07, 6.45) is 0. The highest BCUT2D eigenvalue weighted by atomic mass is 32.1. The monoisotopic (exact) mass is 420 g/mol. The quantitative estimate of drug-likeness (QED) is 0.335. The molecule has 0 atom stereocenters. The van der Waals surface area contributed by atoms with E-state index in [9.17, 15) is 25.1 Å². The fourth-order valence-electron chi connectivity index (χ4n) is 2.34. The molecule has 2 aromatic heterocycles. The van der Waals surface area contributed by atoms with Gasteiger partial charge in [-0.1, -0.05) is 34.8 Å².